The van der Waals surface area contributed by atoms with Crippen molar-refractivity contribution in [3.63, 3.8) is 0 Å². The minimum absolute atomic E-state index is 0.466. The van der Waals surface area contributed by atoms with Crippen LogP contribution in [0.25, 0.3) is 0 Å². The Morgan fingerprint density at radius 1 is 1.13 bits per heavy atom. The second-order valence-corrected chi connectivity index (χ2v) is 6.28. The third-order valence-electron chi connectivity index (χ3n) is 4.96. The fourth-order valence-electron chi connectivity index (χ4n) is 3.65. The van der Waals surface area contributed by atoms with Gasteiger partial charge in [0.1, 0.15) is 23.9 Å². The Labute approximate surface area is 135 Å². The van der Waals surface area contributed by atoms with E-state index in [0.717, 1.165) is 30.3 Å². The lowest BCUT2D eigenvalue weighted by atomic mass is 9.86. The Morgan fingerprint density at radius 2 is 1.91 bits per heavy atom. The molecule has 0 saturated carbocycles. The molecule has 2 unspecified atom stereocenters. The van der Waals surface area contributed by atoms with Crippen LogP contribution in [0.3, 0.4) is 0 Å². The van der Waals surface area contributed by atoms with Crippen molar-refractivity contribution in [2.24, 2.45) is 0 Å². The quantitative estimate of drug-likeness (QED) is 0.843. The summed E-state index contributed by atoms with van der Waals surface area (Å²) in [7, 11) is 0. The number of hydrogen-bond donors (Lipinski definition) is 0. The van der Waals surface area contributed by atoms with Gasteiger partial charge < -0.3 is 9.80 Å². The monoisotopic (exact) mass is 306 g/mol. The van der Waals surface area contributed by atoms with E-state index in [2.05, 4.69) is 37.7 Å². The highest BCUT2D eigenvalue weighted by molar-refractivity contribution is 5.57. The zero-order valence-electron chi connectivity index (χ0n) is 13.3. The first-order valence-electron chi connectivity index (χ1n) is 7.85. The maximum Gasteiger partial charge on any atom is 0.140 e. The van der Waals surface area contributed by atoms with Crippen molar-refractivity contribution < 1.29 is 0 Å². The predicted octanol–water partition coefficient (Wildman–Crippen LogP) is 1.83. The summed E-state index contributed by atoms with van der Waals surface area (Å²) in [6.07, 6.45) is 4.67. The highest BCUT2D eigenvalue weighted by Gasteiger charge is 2.45. The van der Waals surface area contributed by atoms with Gasteiger partial charge in [-0.05, 0) is 32.4 Å². The van der Waals surface area contributed by atoms with Gasteiger partial charge in [0.25, 0.3) is 0 Å². The number of fused-ring (bicyclic) bond motifs is 2. The molecule has 2 aromatic rings. The number of hydrogen-bond acceptors (Lipinski definition) is 6. The first-order chi connectivity index (χ1) is 11.2. The van der Waals surface area contributed by atoms with Gasteiger partial charge in [-0.15, -0.1) is 0 Å². The molecule has 2 bridgehead atoms. The summed E-state index contributed by atoms with van der Waals surface area (Å²) < 4.78 is 0. The summed E-state index contributed by atoms with van der Waals surface area (Å²) in [6.45, 7) is 6.05. The van der Waals surface area contributed by atoms with Gasteiger partial charge in [-0.25, -0.2) is 15.0 Å². The van der Waals surface area contributed by atoms with E-state index in [1.807, 2.05) is 19.2 Å². The molecular formula is C17H18N6. The maximum absolute atomic E-state index is 8.86. The Bertz CT molecular complexity index is 767. The summed E-state index contributed by atoms with van der Waals surface area (Å²) in [6, 6.07) is 6.83. The lowest BCUT2D eigenvalue weighted by Gasteiger charge is -2.57. The number of piperidine rings is 1. The summed E-state index contributed by atoms with van der Waals surface area (Å²) in [5.41, 5.74) is 3.79. The standard InChI is InChI=1S/C17H18N6/c1-11-12(2)20-10-21-17(11)22-8-15-5-16(9-22)23(15)14-4-3-13(6-18)19-7-14/h3-4,7,10,15-16H,5,8-9H2,1-2H3. The van der Waals surface area contributed by atoms with E-state index in [4.69, 9.17) is 5.26 Å². The van der Waals surface area contributed by atoms with Crippen molar-refractivity contribution in [3.05, 3.63) is 41.6 Å². The van der Waals surface area contributed by atoms with Gasteiger partial charge in [0, 0.05) is 36.4 Å². The number of rotatable bonds is 2. The van der Waals surface area contributed by atoms with E-state index >= 15 is 0 Å². The molecule has 0 spiro atoms. The Kier molecular flexibility index (Phi) is 3.15. The molecule has 23 heavy (non-hydrogen) atoms. The van der Waals surface area contributed by atoms with E-state index in [1.165, 1.54) is 12.0 Å². The van der Waals surface area contributed by atoms with Gasteiger partial charge in [-0.2, -0.15) is 5.26 Å². The van der Waals surface area contributed by atoms with Crippen molar-refractivity contribution in [1.29, 1.82) is 5.26 Å². The average Bonchev–Trinajstić information content (AvgIpc) is 2.58. The zero-order valence-corrected chi connectivity index (χ0v) is 13.3. The maximum atomic E-state index is 8.86. The molecule has 2 atom stereocenters. The topological polar surface area (TPSA) is 68.9 Å². The van der Waals surface area contributed by atoms with E-state index in [-0.39, 0.29) is 0 Å². The number of nitrogens with zero attached hydrogens (tertiary/aromatic N) is 6. The molecule has 0 radical (unpaired) electrons. The Balaban J connectivity index is 1.54. The van der Waals surface area contributed by atoms with Crippen LogP contribution in [0.5, 0.6) is 0 Å². The minimum Gasteiger partial charge on any atom is -0.361 e. The van der Waals surface area contributed by atoms with Crippen LogP contribution in [0.2, 0.25) is 0 Å². The lowest BCUT2D eigenvalue weighted by Crippen LogP contribution is -2.69. The first kappa shape index (κ1) is 13.9. The van der Waals surface area contributed by atoms with Crippen LogP contribution in [0.1, 0.15) is 23.4 Å². The van der Waals surface area contributed by atoms with Gasteiger partial charge >= 0.3 is 0 Å². The minimum atomic E-state index is 0.466. The summed E-state index contributed by atoms with van der Waals surface area (Å²) in [4.78, 5) is 17.7. The number of piperazine rings is 1. The summed E-state index contributed by atoms with van der Waals surface area (Å²) >= 11 is 0. The number of nitriles is 1. The van der Waals surface area contributed by atoms with Crippen LogP contribution in [-0.4, -0.2) is 40.1 Å². The second-order valence-electron chi connectivity index (χ2n) is 6.28. The first-order valence-corrected chi connectivity index (χ1v) is 7.85. The number of aromatic nitrogens is 3. The van der Waals surface area contributed by atoms with Gasteiger partial charge in [0.2, 0.25) is 0 Å². The average molecular weight is 306 g/mol. The van der Waals surface area contributed by atoms with Crippen LogP contribution >= 0.6 is 0 Å². The molecule has 6 heteroatoms. The van der Waals surface area contributed by atoms with Crippen LogP contribution in [-0.2, 0) is 0 Å². The lowest BCUT2D eigenvalue weighted by molar-refractivity contribution is 0.290. The molecule has 3 aliphatic heterocycles. The van der Waals surface area contributed by atoms with Gasteiger partial charge in [-0.1, -0.05) is 0 Å². The van der Waals surface area contributed by atoms with Crippen LogP contribution in [0.4, 0.5) is 11.5 Å². The molecule has 0 N–H and O–H groups in total. The molecule has 3 fully saturated rings. The van der Waals surface area contributed by atoms with Gasteiger partial charge in [0.05, 0.1) is 11.9 Å². The second kappa shape index (κ2) is 5.20. The summed E-state index contributed by atoms with van der Waals surface area (Å²) in [5.74, 6) is 1.06. The van der Waals surface area contributed by atoms with Gasteiger partial charge in [-0.3, -0.25) is 0 Å². The smallest absolute Gasteiger partial charge is 0.140 e. The molecule has 5 heterocycles. The zero-order chi connectivity index (χ0) is 16.0. The Hall–Kier alpha value is -2.68. The van der Waals surface area contributed by atoms with E-state index < -0.39 is 0 Å². The molecule has 0 amide bonds. The fourth-order valence-corrected chi connectivity index (χ4v) is 3.65. The van der Waals surface area contributed by atoms with Crippen LogP contribution in [0, 0.1) is 25.2 Å². The third-order valence-corrected chi connectivity index (χ3v) is 4.96. The molecule has 6 nitrogen and oxygen atoms in total. The molecule has 0 aliphatic carbocycles. The molecule has 3 saturated heterocycles. The summed E-state index contributed by atoms with van der Waals surface area (Å²) in [5, 5.41) is 8.86. The van der Waals surface area contributed by atoms with Crippen LogP contribution in [0.15, 0.2) is 24.7 Å². The van der Waals surface area contributed by atoms with Crippen molar-refractivity contribution in [2.75, 3.05) is 22.9 Å². The molecule has 0 aromatic carbocycles. The molecule has 3 aliphatic rings. The highest BCUT2D eigenvalue weighted by atomic mass is 15.4. The van der Waals surface area contributed by atoms with Crippen LogP contribution < -0.4 is 9.80 Å². The van der Waals surface area contributed by atoms with E-state index in [0.29, 0.717) is 17.8 Å². The molecule has 116 valence electrons. The van der Waals surface area contributed by atoms with E-state index in [9.17, 15) is 0 Å². The van der Waals surface area contributed by atoms with Crippen molar-refractivity contribution in [2.45, 2.75) is 32.4 Å². The van der Waals surface area contributed by atoms with Crippen molar-refractivity contribution in [1.82, 2.24) is 15.0 Å². The van der Waals surface area contributed by atoms with E-state index in [1.54, 1.807) is 12.4 Å². The normalized spacial score (nSPS) is 22.5. The molecule has 2 aromatic heterocycles. The van der Waals surface area contributed by atoms with Crippen molar-refractivity contribution in [3.8, 4) is 6.07 Å². The fraction of sp³-hybridized carbons (Fsp3) is 0.412. The third kappa shape index (κ3) is 2.20. The number of aryl methyl sites for hydroxylation is 1. The largest absolute Gasteiger partial charge is 0.361 e. The SMILES string of the molecule is Cc1ncnc(N2CC3CC(C2)N3c2ccc(C#N)nc2)c1C. The van der Waals surface area contributed by atoms with Crippen molar-refractivity contribution >= 4 is 11.5 Å². The highest BCUT2D eigenvalue weighted by Crippen LogP contribution is 2.38. The van der Waals surface area contributed by atoms with Gasteiger partial charge in [0.15, 0.2) is 0 Å². The molecule has 5 rings (SSSR count). The predicted molar refractivity (Wildman–Crippen MR) is 87.3 cm³/mol. The molecular weight excluding hydrogens is 288 g/mol. The number of anilines is 2. The Morgan fingerprint density at radius 3 is 2.57 bits per heavy atom. The number of pyridine rings is 1.